The molecule has 0 fully saturated rings. The highest BCUT2D eigenvalue weighted by atomic mass is 79.9. The van der Waals surface area contributed by atoms with Gasteiger partial charge in [-0.05, 0) is 22.9 Å². The van der Waals surface area contributed by atoms with Gasteiger partial charge in [0.05, 0.1) is 16.4 Å². The maximum absolute atomic E-state index is 5.57. The van der Waals surface area contributed by atoms with E-state index in [2.05, 4.69) is 36.7 Å². The van der Waals surface area contributed by atoms with Crippen LogP contribution >= 0.6 is 27.3 Å². The lowest BCUT2D eigenvalue weighted by Crippen LogP contribution is -2.30. The third-order valence-corrected chi connectivity index (χ3v) is 3.56. The number of hydrogen-bond donors (Lipinski definition) is 2. The van der Waals surface area contributed by atoms with Gasteiger partial charge in [0.1, 0.15) is 6.04 Å². The minimum absolute atomic E-state index is 0.209. The molecule has 1 atom stereocenters. The summed E-state index contributed by atoms with van der Waals surface area (Å²) in [5.74, 6) is 5.57. The molecule has 0 aliphatic carbocycles. The van der Waals surface area contributed by atoms with Gasteiger partial charge in [-0.15, -0.1) is 16.4 Å². The zero-order valence-electron chi connectivity index (χ0n) is 8.81. The first-order valence-corrected chi connectivity index (χ1v) is 6.24. The number of nitrogens with one attached hydrogen (secondary N) is 1. The molecule has 0 aromatic carbocycles. The van der Waals surface area contributed by atoms with Gasteiger partial charge < -0.3 is 0 Å². The van der Waals surface area contributed by atoms with Gasteiger partial charge in [-0.25, -0.2) is 15.1 Å². The Bertz CT molecular complexity index is 473. The van der Waals surface area contributed by atoms with Crippen molar-refractivity contribution in [3.8, 4) is 0 Å². The molecule has 6 nitrogen and oxygen atoms in total. The summed E-state index contributed by atoms with van der Waals surface area (Å²) < 4.78 is 2.34. The fourth-order valence-corrected chi connectivity index (χ4v) is 2.66. The largest absolute Gasteiger partial charge is 0.270 e. The van der Waals surface area contributed by atoms with Crippen LogP contribution < -0.4 is 11.3 Å². The van der Waals surface area contributed by atoms with Crippen LogP contribution in [0.25, 0.3) is 0 Å². The number of aromatic nitrogens is 4. The summed E-state index contributed by atoms with van der Waals surface area (Å²) in [5.41, 5.74) is 4.45. The molecule has 0 aliphatic rings. The van der Waals surface area contributed by atoms with E-state index in [4.69, 9.17) is 5.84 Å². The smallest absolute Gasteiger partial charge is 0.153 e. The van der Waals surface area contributed by atoms with Gasteiger partial charge in [-0.2, -0.15) is 0 Å². The second-order valence-electron chi connectivity index (χ2n) is 3.28. The highest BCUT2D eigenvalue weighted by molar-refractivity contribution is 9.10. The number of halogens is 1. The Kier molecular flexibility index (Phi) is 3.33. The molecule has 2 aromatic heterocycles. The van der Waals surface area contributed by atoms with E-state index in [1.165, 1.54) is 0 Å². The van der Waals surface area contributed by atoms with Gasteiger partial charge in [0.2, 0.25) is 0 Å². The molecule has 0 radical (unpaired) electrons. The molecule has 0 saturated carbocycles. The second kappa shape index (κ2) is 4.58. The van der Waals surface area contributed by atoms with Crippen LogP contribution in [0.3, 0.4) is 0 Å². The van der Waals surface area contributed by atoms with Crippen LogP contribution in [0.4, 0.5) is 0 Å². The van der Waals surface area contributed by atoms with Gasteiger partial charge in [-0.3, -0.25) is 5.84 Å². The fourth-order valence-electron chi connectivity index (χ4n) is 1.46. The van der Waals surface area contributed by atoms with Crippen molar-refractivity contribution in [2.24, 2.45) is 12.9 Å². The summed E-state index contributed by atoms with van der Waals surface area (Å²) in [6.07, 6.45) is 0. The molecule has 0 amide bonds. The van der Waals surface area contributed by atoms with Gasteiger partial charge in [-0.1, -0.05) is 5.21 Å². The molecule has 16 heavy (non-hydrogen) atoms. The van der Waals surface area contributed by atoms with Crippen LogP contribution in [0, 0.1) is 6.92 Å². The number of hydrazine groups is 1. The number of nitrogens with two attached hydrogens (primary N) is 1. The Hall–Kier alpha value is -0.830. The minimum Gasteiger partial charge on any atom is -0.270 e. The first-order valence-electron chi connectivity index (χ1n) is 4.56. The minimum atomic E-state index is -0.209. The predicted molar refractivity (Wildman–Crippen MR) is 64.7 cm³/mol. The van der Waals surface area contributed by atoms with E-state index in [-0.39, 0.29) is 6.04 Å². The van der Waals surface area contributed by atoms with Crippen LogP contribution in [-0.2, 0) is 7.05 Å². The standard InChI is InChI=1S/C8H11BrN6S/c1-4-11-5(3-16-4)6(12-10)7-8(9)13-14-15(7)2/h3,6,12H,10H2,1-2H3. The normalized spacial score (nSPS) is 13.0. The molecule has 0 spiro atoms. The van der Waals surface area contributed by atoms with Gasteiger partial charge >= 0.3 is 0 Å². The summed E-state index contributed by atoms with van der Waals surface area (Å²) in [4.78, 5) is 4.41. The second-order valence-corrected chi connectivity index (χ2v) is 5.09. The average molecular weight is 303 g/mol. The lowest BCUT2D eigenvalue weighted by molar-refractivity contribution is 0.560. The third-order valence-electron chi connectivity index (χ3n) is 2.20. The van der Waals surface area contributed by atoms with Crippen molar-refractivity contribution in [3.05, 3.63) is 26.4 Å². The van der Waals surface area contributed by atoms with Crippen LogP contribution in [0.2, 0.25) is 0 Å². The Morgan fingerprint density at radius 3 is 2.81 bits per heavy atom. The fraction of sp³-hybridized carbons (Fsp3) is 0.375. The molecule has 1 unspecified atom stereocenters. The molecule has 0 saturated heterocycles. The first kappa shape index (κ1) is 11.6. The monoisotopic (exact) mass is 302 g/mol. The first-order chi connectivity index (χ1) is 7.63. The highest BCUT2D eigenvalue weighted by Gasteiger charge is 2.22. The van der Waals surface area contributed by atoms with Crippen molar-refractivity contribution >= 4 is 27.3 Å². The maximum atomic E-state index is 5.57. The molecule has 2 aromatic rings. The van der Waals surface area contributed by atoms with Crippen LogP contribution in [0.15, 0.2) is 9.98 Å². The van der Waals surface area contributed by atoms with E-state index in [1.807, 2.05) is 19.4 Å². The number of thiazole rings is 1. The van der Waals surface area contributed by atoms with Crippen molar-refractivity contribution in [2.45, 2.75) is 13.0 Å². The van der Waals surface area contributed by atoms with Crippen LogP contribution in [0.1, 0.15) is 22.4 Å². The Morgan fingerprint density at radius 1 is 1.62 bits per heavy atom. The molecule has 8 heteroatoms. The van der Waals surface area contributed by atoms with Crippen molar-refractivity contribution in [1.29, 1.82) is 0 Å². The van der Waals surface area contributed by atoms with E-state index in [1.54, 1.807) is 16.0 Å². The van der Waals surface area contributed by atoms with Gasteiger partial charge in [0, 0.05) is 12.4 Å². The Morgan fingerprint density at radius 2 is 2.38 bits per heavy atom. The Balaban J connectivity index is 2.44. The lowest BCUT2D eigenvalue weighted by atomic mass is 10.2. The van der Waals surface area contributed by atoms with Crippen molar-refractivity contribution < 1.29 is 0 Å². The lowest BCUT2D eigenvalue weighted by Gasteiger charge is -2.13. The van der Waals surface area contributed by atoms with Crippen molar-refractivity contribution in [1.82, 2.24) is 25.4 Å². The third kappa shape index (κ3) is 2.01. The molecule has 2 heterocycles. The predicted octanol–water partition coefficient (Wildman–Crippen LogP) is 0.895. The van der Waals surface area contributed by atoms with E-state index < -0.39 is 0 Å². The zero-order chi connectivity index (χ0) is 11.7. The van der Waals surface area contributed by atoms with Crippen molar-refractivity contribution in [3.63, 3.8) is 0 Å². The number of aryl methyl sites for hydroxylation is 2. The van der Waals surface area contributed by atoms with Crippen LogP contribution in [0.5, 0.6) is 0 Å². The van der Waals surface area contributed by atoms with Gasteiger partial charge in [0.25, 0.3) is 0 Å². The highest BCUT2D eigenvalue weighted by Crippen LogP contribution is 2.26. The van der Waals surface area contributed by atoms with Crippen molar-refractivity contribution in [2.75, 3.05) is 0 Å². The Labute approximate surface area is 105 Å². The summed E-state index contributed by atoms with van der Waals surface area (Å²) in [6.45, 7) is 1.96. The molecule has 0 aliphatic heterocycles. The van der Waals surface area contributed by atoms with E-state index in [0.717, 1.165) is 16.4 Å². The number of rotatable bonds is 3. The molecule has 86 valence electrons. The summed E-state index contributed by atoms with van der Waals surface area (Å²) in [6, 6.07) is -0.209. The average Bonchev–Trinajstić information content (AvgIpc) is 2.80. The van der Waals surface area contributed by atoms with E-state index in [9.17, 15) is 0 Å². The van der Waals surface area contributed by atoms with E-state index >= 15 is 0 Å². The molecule has 2 rings (SSSR count). The molecular formula is C8H11BrN6S. The topological polar surface area (TPSA) is 81.7 Å². The zero-order valence-corrected chi connectivity index (χ0v) is 11.2. The number of nitrogens with zero attached hydrogens (tertiary/aromatic N) is 4. The summed E-state index contributed by atoms with van der Waals surface area (Å²) in [7, 11) is 1.82. The number of hydrogen-bond acceptors (Lipinski definition) is 6. The molecule has 3 N–H and O–H groups in total. The SMILES string of the molecule is Cc1nc(C(NN)c2c(Br)nnn2C)cs1. The maximum Gasteiger partial charge on any atom is 0.153 e. The molecule has 0 bridgehead atoms. The quantitative estimate of drug-likeness (QED) is 0.650. The van der Waals surface area contributed by atoms with Gasteiger partial charge in [0.15, 0.2) is 4.60 Å². The van der Waals surface area contributed by atoms with Crippen LogP contribution in [-0.4, -0.2) is 20.0 Å². The summed E-state index contributed by atoms with van der Waals surface area (Å²) in [5, 5.41) is 10.8. The van der Waals surface area contributed by atoms with E-state index in [0.29, 0.717) is 4.60 Å². The summed E-state index contributed by atoms with van der Waals surface area (Å²) >= 11 is 4.93. The molecular weight excluding hydrogens is 292 g/mol.